The molecule has 2 spiro atoms. The highest BCUT2D eigenvalue weighted by atomic mass is 35.5. The van der Waals surface area contributed by atoms with Crippen molar-refractivity contribution >= 4 is 75.9 Å². The molecule has 7 amide bonds. The molecule has 1 aliphatic carbocycles. The molecule has 2 saturated heterocycles. The van der Waals surface area contributed by atoms with E-state index in [4.69, 9.17) is 37.4 Å². The van der Waals surface area contributed by atoms with Crippen LogP contribution in [-0.4, -0.2) is 123 Å². The molecule has 3 aromatic carbocycles. The van der Waals surface area contributed by atoms with Crippen molar-refractivity contribution in [3.05, 3.63) is 116 Å². The van der Waals surface area contributed by atoms with Gasteiger partial charge in [-0.05, 0) is 85.7 Å². The Hall–Kier alpha value is -6.22. The summed E-state index contributed by atoms with van der Waals surface area (Å²) in [7, 11) is 0. The Bertz CT molecular complexity index is 2770. The van der Waals surface area contributed by atoms with E-state index in [1.54, 1.807) is 54.6 Å². The number of nitrogens with zero attached hydrogens (tertiary/aromatic N) is 1. The number of rotatable bonds is 20. The number of benzene rings is 3. The Morgan fingerprint density at radius 2 is 1.55 bits per heavy atom. The molecule has 0 bridgehead atoms. The molecule has 3 fully saturated rings. The van der Waals surface area contributed by atoms with E-state index in [0.29, 0.717) is 112 Å². The van der Waals surface area contributed by atoms with Crippen molar-refractivity contribution in [2.24, 2.45) is 0 Å². The third-order valence-corrected chi connectivity index (χ3v) is 15.0. The first-order valence-electron chi connectivity index (χ1n) is 24.7. The van der Waals surface area contributed by atoms with Crippen LogP contribution in [0.1, 0.15) is 95.5 Å². The number of amides is 7. The summed E-state index contributed by atoms with van der Waals surface area (Å²) in [6, 6.07) is 12.7. The number of hydrogen-bond acceptors (Lipinski definition) is 13. The average Bonchev–Trinajstić information content (AvgIpc) is 3.97. The minimum absolute atomic E-state index is 0.0488. The van der Waals surface area contributed by atoms with Gasteiger partial charge in [0, 0.05) is 66.3 Å². The van der Waals surface area contributed by atoms with Crippen LogP contribution in [0.25, 0.3) is 0 Å². The minimum atomic E-state index is -1.36. The fourth-order valence-electron chi connectivity index (χ4n) is 11.3. The van der Waals surface area contributed by atoms with E-state index in [0.717, 1.165) is 24.2 Å². The third-order valence-electron chi connectivity index (χ3n) is 14.5. The van der Waals surface area contributed by atoms with Crippen LogP contribution in [0.15, 0.2) is 78.1 Å². The number of fused-ring (bicyclic) bond motifs is 4. The normalized spacial score (nSPS) is 22.9. The first-order chi connectivity index (χ1) is 35.3. The van der Waals surface area contributed by atoms with Crippen molar-refractivity contribution in [3.63, 3.8) is 0 Å². The number of dihydropyridines is 1. The molecule has 386 valence electrons. The van der Waals surface area contributed by atoms with Gasteiger partial charge in [-0.3, -0.25) is 49.1 Å². The predicted octanol–water partition coefficient (Wildman–Crippen LogP) is 4.73. The molecule has 9 rings (SSSR count). The van der Waals surface area contributed by atoms with Crippen LogP contribution in [0.3, 0.4) is 0 Å². The molecule has 1 saturated carbocycles. The van der Waals surface area contributed by atoms with Crippen molar-refractivity contribution in [2.75, 3.05) is 69.9 Å². The van der Waals surface area contributed by atoms with Crippen LogP contribution >= 0.6 is 23.2 Å². The Morgan fingerprint density at radius 1 is 0.822 bits per heavy atom. The SMILES string of the molecule is O=C1CCC(N2C(=O)c3cccc(NCCCOCCOCCOCCCNC(=O)C4=CC=C(NC(=O)[C@@H]5NC6(CCCCC6)[C@@]6(C(=O)Nc7cc(Cl)ccc76)[C@H]5c5cccc(Cl)c5F)CN4)c3C2=O)C(=O)N1. The van der Waals surface area contributed by atoms with Gasteiger partial charge in [-0.25, -0.2) is 4.39 Å². The maximum Gasteiger partial charge on any atom is 0.267 e. The molecule has 0 radical (unpaired) electrons. The van der Waals surface area contributed by atoms with E-state index in [1.807, 2.05) is 6.07 Å². The Labute approximate surface area is 430 Å². The number of anilines is 2. The van der Waals surface area contributed by atoms with E-state index in [2.05, 4.69) is 37.2 Å². The fourth-order valence-corrected chi connectivity index (χ4v) is 11.6. The van der Waals surface area contributed by atoms with Crippen LogP contribution in [-0.2, 0) is 43.6 Å². The topological polar surface area (TPSA) is 235 Å². The van der Waals surface area contributed by atoms with Crippen molar-refractivity contribution in [2.45, 2.75) is 86.7 Å². The van der Waals surface area contributed by atoms with Gasteiger partial charge in [0.2, 0.25) is 23.6 Å². The average molecular weight is 1040 g/mol. The minimum Gasteiger partial charge on any atom is -0.384 e. The second kappa shape index (κ2) is 22.5. The Morgan fingerprint density at radius 3 is 2.27 bits per heavy atom. The smallest absolute Gasteiger partial charge is 0.267 e. The highest BCUT2D eigenvalue weighted by molar-refractivity contribution is 6.31. The first kappa shape index (κ1) is 51.7. The van der Waals surface area contributed by atoms with E-state index in [1.165, 1.54) is 6.07 Å². The van der Waals surface area contributed by atoms with Gasteiger partial charge in [0.15, 0.2) is 0 Å². The molecule has 1 unspecified atom stereocenters. The summed E-state index contributed by atoms with van der Waals surface area (Å²) in [5, 5.41) is 21.3. The summed E-state index contributed by atoms with van der Waals surface area (Å²) in [5.41, 5.74) is 0.819. The van der Waals surface area contributed by atoms with Gasteiger partial charge < -0.3 is 40.8 Å². The summed E-state index contributed by atoms with van der Waals surface area (Å²) < 4.78 is 33.2. The number of halogens is 3. The zero-order chi connectivity index (χ0) is 51.3. The number of ether oxygens (including phenoxy) is 3. The van der Waals surface area contributed by atoms with Crippen molar-refractivity contribution in [1.29, 1.82) is 0 Å². The molecule has 3 aromatic rings. The summed E-state index contributed by atoms with van der Waals surface area (Å²) in [5.74, 6) is -4.98. The van der Waals surface area contributed by atoms with Gasteiger partial charge in [0.25, 0.3) is 17.7 Å². The number of carbonyl (C=O) groups excluding carboxylic acids is 7. The quantitative estimate of drug-likeness (QED) is 0.0600. The molecule has 21 heteroatoms. The predicted molar refractivity (Wildman–Crippen MR) is 267 cm³/mol. The summed E-state index contributed by atoms with van der Waals surface area (Å²) >= 11 is 12.8. The summed E-state index contributed by atoms with van der Waals surface area (Å²) in [6.07, 6.45) is 8.31. The lowest BCUT2D eigenvalue weighted by Crippen LogP contribution is -2.60. The highest BCUT2D eigenvalue weighted by Gasteiger charge is 2.72. The van der Waals surface area contributed by atoms with Crippen LogP contribution < -0.4 is 37.2 Å². The summed E-state index contributed by atoms with van der Waals surface area (Å²) in [6.45, 7) is 3.22. The second-order valence-corrected chi connectivity index (χ2v) is 19.7. The maximum atomic E-state index is 16.2. The maximum absolute atomic E-state index is 16.2. The number of hydrogen-bond donors (Lipinski definition) is 7. The fraction of sp³-hybridized carbons (Fsp3) is 0.442. The molecule has 5 heterocycles. The van der Waals surface area contributed by atoms with Gasteiger partial charge in [-0.1, -0.05) is 66.7 Å². The standard InChI is InChI=1S/C52H57Cl2FN8O10/c53-30-12-14-34-38(28-30)60-50(70)52(34)42(33-9-4-10-35(54)43(33)55)44(62-51(52)18-2-1-3-19-51)47(67)59-31-13-15-37(58-29-31)45(65)57-21-7-23-72-25-27-73-26-24-71-22-6-20-56-36-11-5-8-32-41(36)49(69)63(48(32)68)39-16-17-40(64)61-46(39)66/h4-5,8-15,28,39,42,44,56,58,62H,1-3,6-7,16-27,29H2,(H,57,65)(H,59,67)(H,60,70)(H,61,64,66)/t39?,42-,44+,52+/m0/s1. The summed E-state index contributed by atoms with van der Waals surface area (Å²) in [4.78, 5) is 93.4. The van der Waals surface area contributed by atoms with Crippen molar-refractivity contribution in [1.82, 2.24) is 31.5 Å². The highest BCUT2D eigenvalue weighted by Crippen LogP contribution is 2.63. The molecule has 0 aromatic heterocycles. The zero-order valence-corrected chi connectivity index (χ0v) is 41.5. The molecule has 7 N–H and O–H groups in total. The van der Waals surface area contributed by atoms with E-state index in [9.17, 15) is 33.6 Å². The van der Waals surface area contributed by atoms with Crippen LogP contribution in [0.5, 0.6) is 0 Å². The van der Waals surface area contributed by atoms with Gasteiger partial charge in [0.05, 0.1) is 55.2 Å². The van der Waals surface area contributed by atoms with E-state index >= 15 is 4.39 Å². The number of carbonyl (C=O) groups is 7. The molecule has 6 aliphatic rings. The van der Waals surface area contributed by atoms with Gasteiger partial charge in [-0.15, -0.1) is 0 Å². The van der Waals surface area contributed by atoms with Crippen molar-refractivity contribution in [3.8, 4) is 0 Å². The zero-order valence-electron chi connectivity index (χ0n) is 40.0. The monoisotopic (exact) mass is 1040 g/mol. The molecule has 73 heavy (non-hydrogen) atoms. The number of imide groups is 2. The lowest BCUT2D eigenvalue weighted by molar-refractivity contribution is -0.136. The largest absolute Gasteiger partial charge is 0.384 e. The second-order valence-electron chi connectivity index (χ2n) is 18.9. The Kier molecular flexibility index (Phi) is 15.9. The van der Waals surface area contributed by atoms with E-state index < -0.39 is 64.3 Å². The van der Waals surface area contributed by atoms with Gasteiger partial charge in [0.1, 0.15) is 23.0 Å². The lowest BCUT2D eigenvalue weighted by atomic mass is 9.55. The number of allylic oxidation sites excluding steroid dienone is 2. The number of nitrogens with one attached hydrogen (secondary N) is 7. The van der Waals surface area contributed by atoms with Gasteiger partial charge in [-0.2, -0.15) is 0 Å². The van der Waals surface area contributed by atoms with Gasteiger partial charge >= 0.3 is 0 Å². The number of piperidine rings is 1. The third kappa shape index (κ3) is 10.2. The molecule has 18 nitrogen and oxygen atoms in total. The lowest BCUT2D eigenvalue weighted by Gasteiger charge is -2.47. The molecular weight excluding hydrogens is 987 g/mol. The van der Waals surface area contributed by atoms with Crippen LogP contribution in [0.4, 0.5) is 15.8 Å². The van der Waals surface area contributed by atoms with Crippen LogP contribution in [0.2, 0.25) is 10.0 Å². The Balaban J connectivity index is 0.675. The molecule has 5 aliphatic heterocycles. The van der Waals surface area contributed by atoms with Crippen molar-refractivity contribution < 1.29 is 52.2 Å². The molecular formula is C52H57Cl2FN8O10. The molecule has 4 atom stereocenters. The first-order valence-corrected chi connectivity index (χ1v) is 25.5. The van der Waals surface area contributed by atoms with E-state index in [-0.39, 0.29) is 52.9 Å². The van der Waals surface area contributed by atoms with Crippen LogP contribution in [0, 0.1) is 5.82 Å².